The highest BCUT2D eigenvalue weighted by atomic mass is 79.9. The maximum absolute atomic E-state index is 12.2. The maximum Gasteiger partial charge on any atom is 0.261 e. The fraction of sp³-hybridized carbons (Fsp3) is 0.357. The molecule has 0 unspecified atom stereocenters. The van der Waals surface area contributed by atoms with Gasteiger partial charge in [-0.25, -0.2) is 4.98 Å². The summed E-state index contributed by atoms with van der Waals surface area (Å²) in [5.74, 6) is 0.188. The first kappa shape index (κ1) is 13.9. The van der Waals surface area contributed by atoms with E-state index in [4.69, 9.17) is 0 Å². The molecule has 0 aliphatic heterocycles. The summed E-state index contributed by atoms with van der Waals surface area (Å²) in [5.41, 5.74) is 0.669. The Morgan fingerprint density at radius 3 is 2.89 bits per heavy atom. The smallest absolute Gasteiger partial charge is 0.261 e. The number of carbonyl (C=O) groups excluding carboxylic acids is 1. The van der Waals surface area contributed by atoms with Crippen LogP contribution in [0.3, 0.4) is 0 Å². The van der Waals surface area contributed by atoms with E-state index in [-0.39, 0.29) is 11.3 Å². The van der Waals surface area contributed by atoms with Crippen LogP contribution in [0.2, 0.25) is 0 Å². The summed E-state index contributed by atoms with van der Waals surface area (Å²) >= 11 is 3.36. The summed E-state index contributed by atoms with van der Waals surface area (Å²) in [6.45, 7) is 2.18. The number of benzene rings is 1. The zero-order chi connectivity index (χ0) is 13.8. The number of rotatable bonds is 5. The van der Waals surface area contributed by atoms with Crippen LogP contribution in [0.1, 0.15) is 26.2 Å². The Labute approximate surface area is 119 Å². The third-order valence-corrected chi connectivity index (χ3v) is 3.46. The van der Waals surface area contributed by atoms with Gasteiger partial charge in [-0.3, -0.25) is 9.36 Å². The minimum absolute atomic E-state index is 0.0332. The van der Waals surface area contributed by atoms with Gasteiger partial charge in [0.1, 0.15) is 5.78 Å². The van der Waals surface area contributed by atoms with Crippen molar-refractivity contribution in [3.8, 4) is 0 Å². The highest BCUT2D eigenvalue weighted by Gasteiger charge is 2.04. The molecule has 2 rings (SSSR count). The van der Waals surface area contributed by atoms with Crippen LogP contribution in [0.25, 0.3) is 10.9 Å². The van der Waals surface area contributed by atoms with E-state index < -0.39 is 0 Å². The minimum Gasteiger partial charge on any atom is -0.300 e. The molecule has 5 heteroatoms. The van der Waals surface area contributed by atoms with E-state index in [1.54, 1.807) is 23.9 Å². The first-order valence-corrected chi connectivity index (χ1v) is 7.01. The van der Waals surface area contributed by atoms with Gasteiger partial charge in [-0.2, -0.15) is 0 Å². The maximum atomic E-state index is 12.2. The second-order valence-corrected chi connectivity index (χ2v) is 5.48. The fourth-order valence-corrected chi connectivity index (χ4v) is 2.31. The van der Waals surface area contributed by atoms with Crippen molar-refractivity contribution in [3.63, 3.8) is 0 Å². The largest absolute Gasteiger partial charge is 0.300 e. The zero-order valence-corrected chi connectivity index (χ0v) is 12.3. The van der Waals surface area contributed by atoms with Gasteiger partial charge in [-0.1, -0.05) is 15.9 Å². The van der Waals surface area contributed by atoms with E-state index in [9.17, 15) is 9.59 Å². The molecule has 0 amide bonds. The summed E-state index contributed by atoms with van der Waals surface area (Å²) in [6, 6.07) is 5.48. The van der Waals surface area contributed by atoms with E-state index >= 15 is 0 Å². The Kier molecular flexibility index (Phi) is 4.47. The van der Waals surface area contributed by atoms with Crippen molar-refractivity contribution in [1.82, 2.24) is 9.55 Å². The Morgan fingerprint density at radius 1 is 1.37 bits per heavy atom. The summed E-state index contributed by atoms with van der Waals surface area (Å²) in [5, 5.41) is 0.614. The van der Waals surface area contributed by atoms with Crippen LogP contribution in [-0.4, -0.2) is 15.3 Å². The first-order valence-electron chi connectivity index (χ1n) is 6.22. The van der Waals surface area contributed by atoms with Crippen LogP contribution in [0, 0.1) is 0 Å². The SMILES string of the molecule is CC(=O)CCCCn1cnc2ccc(Br)cc2c1=O. The molecule has 0 saturated carbocycles. The Balaban J connectivity index is 2.18. The number of nitrogens with zero attached hydrogens (tertiary/aromatic N) is 2. The lowest BCUT2D eigenvalue weighted by molar-refractivity contribution is -0.117. The van der Waals surface area contributed by atoms with Crippen LogP contribution in [0.5, 0.6) is 0 Å². The van der Waals surface area contributed by atoms with Gasteiger partial charge in [-0.15, -0.1) is 0 Å². The van der Waals surface area contributed by atoms with Crippen LogP contribution in [-0.2, 0) is 11.3 Å². The molecule has 1 aromatic heterocycles. The molecule has 0 bridgehead atoms. The van der Waals surface area contributed by atoms with Gasteiger partial charge in [0, 0.05) is 17.4 Å². The average molecular weight is 323 g/mol. The number of aryl methyl sites for hydroxylation is 1. The summed E-state index contributed by atoms with van der Waals surface area (Å²) in [4.78, 5) is 27.4. The molecule has 0 radical (unpaired) electrons. The molecular formula is C14H15BrN2O2. The molecular weight excluding hydrogens is 308 g/mol. The van der Waals surface area contributed by atoms with E-state index in [0.29, 0.717) is 23.9 Å². The molecule has 0 saturated heterocycles. The normalized spacial score (nSPS) is 10.8. The second-order valence-electron chi connectivity index (χ2n) is 4.56. The number of hydrogen-bond donors (Lipinski definition) is 0. The number of carbonyl (C=O) groups is 1. The molecule has 0 aliphatic rings. The molecule has 1 heterocycles. The summed E-state index contributed by atoms with van der Waals surface area (Å²) < 4.78 is 2.47. The van der Waals surface area contributed by atoms with Gasteiger partial charge >= 0.3 is 0 Å². The van der Waals surface area contributed by atoms with Gasteiger partial charge in [-0.05, 0) is 38.0 Å². The van der Waals surface area contributed by atoms with E-state index in [0.717, 1.165) is 17.3 Å². The van der Waals surface area contributed by atoms with Gasteiger partial charge < -0.3 is 4.79 Å². The summed E-state index contributed by atoms with van der Waals surface area (Å²) in [6.07, 6.45) is 3.76. The van der Waals surface area contributed by atoms with Crippen LogP contribution in [0.4, 0.5) is 0 Å². The Hall–Kier alpha value is -1.49. The van der Waals surface area contributed by atoms with Crippen LogP contribution in [0.15, 0.2) is 33.8 Å². The van der Waals surface area contributed by atoms with Crippen molar-refractivity contribution < 1.29 is 4.79 Å². The first-order chi connectivity index (χ1) is 9.08. The highest BCUT2D eigenvalue weighted by Crippen LogP contribution is 2.14. The van der Waals surface area contributed by atoms with Crippen molar-refractivity contribution in [1.29, 1.82) is 0 Å². The van der Waals surface area contributed by atoms with Gasteiger partial charge in [0.2, 0.25) is 0 Å². The van der Waals surface area contributed by atoms with Crippen molar-refractivity contribution in [2.45, 2.75) is 32.7 Å². The van der Waals surface area contributed by atoms with Gasteiger partial charge in [0.25, 0.3) is 5.56 Å². The lowest BCUT2D eigenvalue weighted by Gasteiger charge is -2.06. The molecule has 0 aliphatic carbocycles. The van der Waals surface area contributed by atoms with Gasteiger partial charge in [0.15, 0.2) is 0 Å². The van der Waals surface area contributed by atoms with Crippen LogP contribution >= 0.6 is 15.9 Å². The lowest BCUT2D eigenvalue weighted by atomic mass is 10.2. The second kappa shape index (κ2) is 6.10. The molecule has 0 spiro atoms. The Morgan fingerprint density at radius 2 is 2.16 bits per heavy atom. The molecule has 19 heavy (non-hydrogen) atoms. The number of ketones is 1. The third-order valence-electron chi connectivity index (χ3n) is 2.96. The molecule has 1 aromatic carbocycles. The number of hydrogen-bond acceptors (Lipinski definition) is 3. The Bertz CT molecular complexity index is 664. The van der Waals surface area contributed by atoms with Crippen molar-refractivity contribution in [2.24, 2.45) is 0 Å². The van der Waals surface area contributed by atoms with E-state index in [2.05, 4.69) is 20.9 Å². The van der Waals surface area contributed by atoms with E-state index in [1.807, 2.05) is 12.1 Å². The van der Waals surface area contributed by atoms with Crippen molar-refractivity contribution in [3.05, 3.63) is 39.4 Å². The topological polar surface area (TPSA) is 52.0 Å². The third kappa shape index (κ3) is 3.50. The zero-order valence-electron chi connectivity index (χ0n) is 10.7. The quantitative estimate of drug-likeness (QED) is 0.795. The predicted octanol–water partition coefficient (Wildman–Crippen LogP) is 2.92. The standard InChI is InChI=1S/C14H15BrN2O2/c1-10(18)4-2-3-7-17-9-16-13-6-5-11(15)8-12(13)14(17)19/h5-6,8-9H,2-4,7H2,1H3. The minimum atomic E-state index is -0.0332. The molecule has 0 atom stereocenters. The average Bonchev–Trinajstić information content (AvgIpc) is 2.37. The molecule has 4 nitrogen and oxygen atoms in total. The monoisotopic (exact) mass is 322 g/mol. The number of unbranched alkanes of at least 4 members (excludes halogenated alkanes) is 1. The number of Topliss-reactive ketones (excluding diaryl/α,β-unsaturated/α-hetero) is 1. The number of fused-ring (bicyclic) bond motifs is 1. The molecule has 100 valence electrons. The molecule has 0 N–H and O–H groups in total. The fourth-order valence-electron chi connectivity index (χ4n) is 1.95. The number of aromatic nitrogens is 2. The summed E-state index contributed by atoms with van der Waals surface area (Å²) in [7, 11) is 0. The van der Waals surface area contributed by atoms with Gasteiger partial charge in [0.05, 0.1) is 17.2 Å². The van der Waals surface area contributed by atoms with E-state index in [1.165, 1.54) is 0 Å². The predicted molar refractivity (Wildman–Crippen MR) is 78.2 cm³/mol. The lowest BCUT2D eigenvalue weighted by Crippen LogP contribution is -2.20. The highest BCUT2D eigenvalue weighted by molar-refractivity contribution is 9.10. The molecule has 0 fully saturated rings. The molecule has 2 aromatic rings. The number of halogens is 1. The van der Waals surface area contributed by atoms with Crippen molar-refractivity contribution in [2.75, 3.05) is 0 Å². The van der Waals surface area contributed by atoms with Crippen molar-refractivity contribution >= 4 is 32.6 Å². The van der Waals surface area contributed by atoms with Crippen LogP contribution < -0.4 is 5.56 Å².